The Hall–Kier alpha value is -1.91. The van der Waals surface area contributed by atoms with Gasteiger partial charge in [0.1, 0.15) is 4.99 Å². The molecule has 8 heteroatoms. The number of anilines is 1. The third-order valence-electron chi connectivity index (χ3n) is 4.83. The lowest BCUT2D eigenvalue weighted by Crippen LogP contribution is -2.47. The molecule has 6 nitrogen and oxygen atoms in total. The van der Waals surface area contributed by atoms with Crippen molar-refractivity contribution in [3.8, 4) is 11.5 Å². The molecule has 2 aromatic carbocycles. The van der Waals surface area contributed by atoms with Crippen LogP contribution < -0.4 is 14.8 Å². The van der Waals surface area contributed by atoms with Crippen molar-refractivity contribution in [2.75, 3.05) is 32.1 Å². The Morgan fingerprint density at radius 2 is 1.97 bits per heavy atom. The summed E-state index contributed by atoms with van der Waals surface area (Å²) in [6.07, 6.45) is 0.245. The summed E-state index contributed by atoms with van der Waals surface area (Å²) in [4.78, 5) is 15.2. The molecule has 2 atom stereocenters. The van der Waals surface area contributed by atoms with Gasteiger partial charge < -0.3 is 24.4 Å². The molecular weight excluding hydrogens is 527 g/mol. The molecule has 1 aliphatic rings. The Morgan fingerprint density at radius 1 is 1.26 bits per heavy atom. The lowest BCUT2D eigenvalue weighted by molar-refractivity contribution is -0.118. The highest BCUT2D eigenvalue weighted by Crippen LogP contribution is 2.34. The fourth-order valence-electron chi connectivity index (χ4n) is 3.57. The van der Waals surface area contributed by atoms with E-state index in [4.69, 9.17) is 26.4 Å². The number of hydrogen-bond donors (Lipinski definition) is 1. The minimum atomic E-state index is -0.237. The van der Waals surface area contributed by atoms with Gasteiger partial charge in [-0.1, -0.05) is 24.4 Å². The third kappa shape index (κ3) is 6.30. The summed E-state index contributed by atoms with van der Waals surface area (Å²) in [6.45, 7) is 7.45. The number of aryl methyl sites for hydroxylation is 1. The number of morpholine rings is 1. The molecule has 1 saturated heterocycles. The number of rotatable bonds is 6. The number of nitrogens with zero attached hydrogens (tertiary/aromatic N) is 1. The van der Waals surface area contributed by atoms with Crippen LogP contribution in [0.15, 0.2) is 36.4 Å². The van der Waals surface area contributed by atoms with E-state index in [2.05, 4.69) is 32.8 Å². The van der Waals surface area contributed by atoms with Gasteiger partial charge in [-0.05, 0) is 73.2 Å². The predicted octanol–water partition coefficient (Wildman–Crippen LogP) is 4.41. The molecule has 0 saturated carbocycles. The van der Waals surface area contributed by atoms with E-state index in [1.165, 1.54) is 0 Å². The maximum Gasteiger partial charge on any atom is 0.262 e. The van der Waals surface area contributed by atoms with Crippen molar-refractivity contribution < 1.29 is 19.0 Å². The van der Waals surface area contributed by atoms with Crippen molar-refractivity contribution in [3.05, 3.63) is 51.1 Å². The first-order chi connectivity index (χ1) is 14.8. The quantitative estimate of drug-likeness (QED) is 0.422. The second-order valence-electron chi connectivity index (χ2n) is 7.66. The molecule has 31 heavy (non-hydrogen) atoms. The molecule has 2 aromatic rings. The zero-order valence-corrected chi connectivity index (χ0v) is 21.1. The highest BCUT2D eigenvalue weighted by molar-refractivity contribution is 14.1. The molecule has 0 aliphatic carbocycles. The summed E-state index contributed by atoms with van der Waals surface area (Å²) >= 11 is 7.94. The zero-order chi connectivity index (χ0) is 22.5. The standard InChI is InChI=1S/C23H27IN2O4S/c1-14-6-5-7-18(8-14)25-21(27)13-29-22-19(24)9-17(10-20(22)28-4)23(31)26-11-15(2)30-16(3)12-26/h5-10,15-16H,11-13H2,1-4H3,(H,25,27)/t15-,16+. The Bertz CT molecular complexity index is 959. The SMILES string of the molecule is COc1cc(C(=S)N2C[C@@H](C)O[C@@H](C)C2)cc(I)c1OCC(=O)Nc1cccc(C)c1. The summed E-state index contributed by atoms with van der Waals surface area (Å²) in [6, 6.07) is 11.5. The van der Waals surface area contributed by atoms with Crippen molar-refractivity contribution >= 4 is 51.4 Å². The largest absolute Gasteiger partial charge is 0.493 e. The molecule has 0 unspecified atom stereocenters. The predicted molar refractivity (Wildman–Crippen MR) is 134 cm³/mol. The molecule has 1 fully saturated rings. The van der Waals surface area contributed by atoms with Gasteiger partial charge in [-0.2, -0.15) is 0 Å². The van der Waals surface area contributed by atoms with Gasteiger partial charge in [0.25, 0.3) is 5.91 Å². The first-order valence-electron chi connectivity index (χ1n) is 10.1. The second kappa shape index (κ2) is 10.6. The molecule has 1 aliphatic heterocycles. The molecule has 0 radical (unpaired) electrons. The fraction of sp³-hybridized carbons (Fsp3) is 0.391. The highest BCUT2D eigenvalue weighted by Gasteiger charge is 2.25. The van der Waals surface area contributed by atoms with Gasteiger partial charge in [-0.15, -0.1) is 0 Å². The van der Waals surface area contributed by atoms with Crippen LogP contribution in [0.3, 0.4) is 0 Å². The maximum atomic E-state index is 12.3. The number of carbonyl (C=O) groups excluding carboxylic acids is 1. The number of methoxy groups -OCH3 is 1. The van der Waals surface area contributed by atoms with Crippen LogP contribution in [0.2, 0.25) is 0 Å². The number of ether oxygens (including phenoxy) is 3. The molecule has 3 rings (SSSR count). The Morgan fingerprint density at radius 3 is 2.61 bits per heavy atom. The number of hydrogen-bond acceptors (Lipinski definition) is 5. The number of amides is 1. The summed E-state index contributed by atoms with van der Waals surface area (Å²) in [5, 5.41) is 2.84. The smallest absolute Gasteiger partial charge is 0.262 e. The number of nitrogens with one attached hydrogen (secondary N) is 1. The third-order valence-corrected chi connectivity index (χ3v) is 6.13. The molecular formula is C23H27IN2O4S. The Balaban J connectivity index is 1.70. The van der Waals surface area contributed by atoms with E-state index in [0.717, 1.165) is 38.5 Å². The van der Waals surface area contributed by atoms with Gasteiger partial charge >= 0.3 is 0 Å². The van der Waals surface area contributed by atoms with E-state index in [-0.39, 0.29) is 24.7 Å². The minimum absolute atomic E-state index is 0.122. The van der Waals surface area contributed by atoms with Gasteiger partial charge in [0.15, 0.2) is 18.1 Å². The number of carbonyl (C=O) groups is 1. The Kier molecular flexibility index (Phi) is 8.12. The van der Waals surface area contributed by atoms with Crippen LogP contribution in [-0.4, -0.2) is 54.8 Å². The maximum absolute atomic E-state index is 12.3. The molecule has 166 valence electrons. The molecule has 1 amide bonds. The van der Waals surface area contributed by atoms with Crippen molar-refractivity contribution in [2.45, 2.75) is 33.0 Å². The molecule has 0 bridgehead atoms. The zero-order valence-electron chi connectivity index (χ0n) is 18.1. The highest BCUT2D eigenvalue weighted by atomic mass is 127. The Labute approximate surface area is 202 Å². The first kappa shape index (κ1) is 23.7. The van der Waals surface area contributed by atoms with Gasteiger partial charge in [-0.25, -0.2) is 0 Å². The minimum Gasteiger partial charge on any atom is -0.493 e. The van der Waals surface area contributed by atoms with Crippen LogP contribution in [0.4, 0.5) is 5.69 Å². The fourth-order valence-corrected chi connectivity index (χ4v) is 4.59. The lowest BCUT2D eigenvalue weighted by atomic mass is 10.1. The van der Waals surface area contributed by atoms with Crippen molar-refractivity contribution in [1.29, 1.82) is 0 Å². The van der Waals surface area contributed by atoms with Crippen LogP contribution in [0.25, 0.3) is 0 Å². The monoisotopic (exact) mass is 554 g/mol. The molecule has 0 spiro atoms. The summed E-state index contributed by atoms with van der Waals surface area (Å²) < 4.78 is 18.0. The van der Waals surface area contributed by atoms with E-state index in [9.17, 15) is 4.79 Å². The normalized spacial score (nSPS) is 18.4. The van der Waals surface area contributed by atoms with Crippen LogP contribution in [0, 0.1) is 10.5 Å². The summed E-state index contributed by atoms with van der Waals surface area (Å²) in [5.41, 5.74) is 2.70. The van der Waals surface area contributed by atoms with Crippen LogP contribution in [-0.2, 0) is 9.53 Å². The van der Waals surface area contributed by atoms with Crippen molar-refractivity contribution in [2.24, 2.45) is 0 Å². The van der Waals surface area contributed by atoms with Crippen molar-refractivity contribution in [1.82, 2.24) is 4.90 Å². The lowest BCUT2D eigenvalue weighted by Gasteiger charge is -2.37. The number of halogens is 1. The summed E-state index contributed by atoms with van der Waals surface area (Å²) in [7, 11) is 1.58. The van der Waals surface area contributed by atoms with Crippen LogP contribution >= 0.6 is 34.8 Å². The van der Waals surface area contributed by atoms with E-state index in [0.29, 0.717) is 11.5 Å². The average Bonchev–Trinajstić information content (AvgIpc) is 2.71. The van der Waals surface area contributed by atoms with Crippen LogP contribution in [0.1, 0.15) is 25.0 Å². The van der Waals surface area contributed by atoms with Gasteiger partial charge in [-0.3, -0.25) is 4.79 Å². The van der Waals surface area contributed by atoms with Crippen LogP contribution in [0.5, 0.6) is 11.5 Å². The van der Waals surface area contributed by atoms with E-state index < -0.39 is 0 Å². The molecule has 1 heterocycles. The first-order valence-corrected chi connectivity index (χ1v) is 11.6. The van der Waals surface area contributed by atoms with E-state index >= 15 is 0 Å². The van der Waals surface area contributed by atoms with E-state index in [1.807, 2.05) is 57.2 Å². The van der Waals surface area contributed by atoms with Gasteiger partial charge in [0.2, 0.25) is 0 Å². The topological polar surface area (TPSA) is 60.0 Å². The van der Waals surface area contributed by atoms with Gasteiger partial charge in [0, 0.05) is 24.3 Å². The number of benzene rings is 2. The average molecular weight is 554 g/mol. The van der Waals surface area contributed by atoms with Gasteiger partial charge in [0.05, 0.1) is 22.9 Å². The van der Waals surface area contributed by atoms with E-state index in [1.54, 1.807) is 7.11 Å². The molecule has 0 aromatic heterocycles. The number of thiocarbonyl (C=S) groups is 1. The second-order valence-corrected chi connectivity index (χ2v) is 9.21. The molecule has 1 N–H and O–H groups in total. The summed E-state index contributed by atoms with van der Waals surface area (Å²) in [5.74, 6) is 0.832. The van der Waals surface area contributed by atoms with Crippen molar-refractivity contribution in [3.63, 3.8) is 0 Å².